The van der Waals surface area contributed by atoms with Crippen molar-refractivity contribution in [3.63, 3.8) is 0 Å². The Morgan fingerprint density at radius 2 is 2.29 bits per heavy atom. The van der Waals surface area contributed by atoms with E-state index >= 15 is 0 Å². The third-order valence-electron chi connectivity index (χ3n) is 3.22. The Morgan fingerprint density at radius 1 is 1.47 bits per heavy atom. The number of likely N-dealkylation sites (tertiary alicyclic amines) is 1. The van der Waals surface area contributed by atoms with E-state index in [4.69, 9.17) is 22.1 Å². The van der Waals surface area contributed by atoms with Crippen molar-refractivity contribution in [3.05, 3.63) is 29.3 Å². The van der Waals surface area contributed by atoms with Gasteiger partial charge in [-0.1, -0.05) is 24.6 Å². The monoisotopic (exact) mass is 254 g/mol. The lowest BCUT2D eigenvalue weighted by Gasteiger charge is -2.15. The van der Waals surface area contributed by atoms with Crippen LogP contribution < -0.4 is 10.5 Å². The van der Waals surface area contributed by atoms with E-state index in [1.165, 1.54) is 0 Å². The Labute approximate surface area is 107 Å². The molecule has 0 bridgehead atoms. The fraction of sp³-hybridized carbons (Fsp3) is 0.538. The summed E-state index contributed by atoms with van der Waals surface area (Å²) in [6.45, 7) is 5.84. The first-order valence-corrected chi connectivity index (χ1v) is 6.39. The molecular formula is C13H19ClN2O. The fourth-order valence-corrected chi connectivity index (χ4v) is 2.31. The largest absolute Gasteiger partial charge is 0.492 e. The van der Waals surface area contributed by atoms with Gasteiger partial charge in [0.2, 0.25) is 0 Å². The molecule has 0 radical (unpaired) electrons. The van der Waals surface area contributed by atoms with Gasteiger partial charge in [0.25, 0.3) is 0 Å². The maximum atomic E-state index is 5.97. The van der Waals surface area contributed by atoms with Gasteiger partial charge in [0, 0.05) is 30.7 Å². The topological polar surface area (TPSA) is 38.5 Å². The molecule has 17 heavy (non-hydrogen) atoms. The highest BCUT2D eigenvalue weighted by atomic mass is 35.5. The van der Waals surface area contributed by atoms with Crippen molar-refractivity contribution in [2.45, 2.75) is 13.0 Å². The first-order valence-electron chi connectivity index (χ1n) is 6.01. The second-order valence-corrected chi connectivity index (χ2v) is 5.14. The highest BCUT2D eigenvalue weighted by molar-refractivity contribution is 6.30. The summed E-state index contributed by atoms with van der Waals surface area (Å²) in [5, 5.41) is 0.708. The van der Waals surface area contributed by atoms with E-state index in [9.17, 15) is 0 Å². The molecule has 3 nitrogen and oxygen atoms in total. The van der Waals surface area contributed by atoms with Gasteiger partial charge in [-0.25, -0.2) is 0 Å². The molecule has 1 aromatic carbocycles. The Morgan fingerprint density at radius 3 is 2.94 bits per heavy atom. The number of halogens is 1. The minimum Gasteiger partial charge on any atom is -0.492 e. The predicted octanol–water partition coefficient (Wildman–Crippen LogP) is 2.00. The van der Waals surface area contributed by atoms with Crippen LogP contribution in [0.3, 0.4) is 0 Å². The lowest BCUT2D eigenvalue weighted by atomic mass is 10.1. The van der Waals surface area contributed by atoms with Gasteiger partial charge in [-0.15, -0.1) is 0 Å². The van der Waals surface area contributed by atoms with Crippen molar-refractivity contribution < 1.29 is 4.74 Å². The van der Waals surface area contributed by atoms with Crippen molar-refractivity contribution in [1.29, 1.82) is 0 Å². The summed E-state index contributed by atoms with van der Waals surface area (Å²) in [5.41, 5.74) is 5.97. The first-order chi connectivity index (χ1) is 8.15. The summed E-state index contributed by atoms with van der Waals surface area (Å²) in [5.74, 6) is 1.41. The zero-order chi connectivity index (χ0) is 12.3. The number of nitrogens with two attached hydrogens (primary N) is 1. The van der Waals surface area contributed by atoms with E-state index in [-0.39, 0.29) is 0 Å². The van der Waals surface area contributed by atoms with E-state index < -0.39 is 0 Å². The van der Waals surface area contributed by atoms with Gasteiger partial charge in [-0.3, -0.25) is 4.90 Å². The van der Waals surface area contributed by atoms with Crippen LogP contribution in [-0.2, 0) is 0 Å². The molecule has 2 N–H and O–H groups in total. The minimum atomic E-state index is 0.307. The standard InChI is InChI=1S/C13H19ClN2O/c1-10-8-16(9-13(10)15)5-6-17-12-4-2-3-11(14)7-12/h2-4,7,10,13H,5-6,8-9,15H2,1H3. The Balaban J connectivity index is 1.73. The van der Waals surface area contributed by atoms with Gasteiger partial charge in [-0.2, -0.15) is 0 Å². The first kappa shape index (κ1) is 12.7. The molecule has 1 aliphatic rings. The molecule has 0 aromatic heterocycles. The SMILES string of the molecule is CC1CN(CCOc2cccc(Cl)c2)CC1N. The number of nitrogens with zero attached hydrogens (tertiary/aromatic N) is 1. The molecule has 2 atom stereocenters. The van der Waals surface area contributed by atoms with Gasteiger partial charge in [0.1, 0.15) is 12.4 Å². The average Bonchev–Trinajstić information content (AvgIpc) is 2.58. The van der Waals surface area contributed by atoms with Crippen molar-refractivity contribution >= 4 is 11.6 Å². The van der Waals surface area contributed by atoms with Crippen LogP contribution in [0.5, 0.6) is 5.75 Å². The molecule has 1 heterocycles. The van der Waals surface area contributed by atoms with Gasteiger partial charge in [0.05, 0.1) is 0 Å². The van der Waals surface area contributed by atoms with Crippen molar-refractivity contribution in [2.24, 2.45) is 11.7 Å². The van der Waals surface area contributed by atoms with Crippen LogP contribution in [0.1, 0.15) is 6.92 Å². The fourth-order valence-electron chi connectivity index (χ4n) is 2.13. The van der Waals surface area contributed by atoms with Crippen molar-refractivity contribution in [3.8, 4) is 5.75 Å². The third kappa shape index (κ3) is 3.60. The molecule has 2 rings (SSSR count). The predicted molar refractivity (Wildman–Crippen MR) is 70.5 cm³/mol. The highest BCUT2D eigenvalue weighted by Gasteiger charge is 2.25. The third-order valence-corrected chi connectivity index (χ3v) is 3.45. The molecule has 94 valence electrons. The number of hydrogen-bond donors (Lipinski definition) is 1. The molecule has 1 aliphatic heterocycles. The number of rotatable bonds is 4. The number of benzene rings is 1. The number of hydrogen-bond acceptors (Lipinski definition) is 3. The van der Waals surface area contributed by atoms with Crippen molar-refractivity contribution in [1.82, 2.24) is 4.90 Å². The quantitative estimate of drug-likeness (QED) is 0.893. The van der Waals surface area contributed by atoms with Crippen LogP contribution in [-0.4, -0.2) is 37.2 Å². The molecule has 1 aromatic rings. The summed E-state index contributed by atoms with van der Waals surface area (Å²) in [6, 6.07) is 7.80. The van der Waals surface area contributed by atoms with Crippen LogP contribution in [0.4, 0.5) is 0 Å². The van der Waals surface area contributed by atoms with E-state index in [0.29, 0.717) is 23.6 Å². The van der Waals surface area contributed by atoms with E-state index in [1.807, 2.05) is 24.3 Å². The lowest BCUT2D eigenvalue weighted by molar-refractivity contribution is 0.233. The summed E-state index contributed by atoms with van der Waals surface area (Å²) < 4.78 is 5.65. The minimum absolute atomic E-state index is 0.307. The Hall–Kier alpha value is -0.770. The summed E-state index contributed by atoms with van der Waals surface area (Å²) in [7, 11) is 0. The molecule has 2 unspecified atom stereocenters. The smallest absolute Gasteiger partial charge is 0.120 e. The molecule has 0 amide bonds. The molecule has 4 heteroatoms. The summed E-state index contributed by atoms with van der Waals surface area (Å²) >= 11 is 5.88. The van der Waals surface area contributed by atoms with Crippen LogP contribution in [0, 0.1) is 5.92 Å². The van der Waals surface area contributed by atoms with Gasteiger partial charge >= 0.3 is 0 Å². The van der Waals surface area contributed by atoms with E-state index in [1.54, 1.807) is 0 Å². The van der Waals surface area contributed by atoms with Crippen LogP contribution in [0.15, 0.2) is 24.3 Å². The normalized spacial score (nSPS) is 25.1. The summed E-state index contributed by atoms with van der Waals surface area (Å²) in [4.78, 5) is 2.35. The highest BCUT2D eigenvalue weighted by Crippen LogP contribution is 2.18. The van der Waals surface area contributed by atoms with Crippen LogP contribution >= 0.6 is 11.6 Å². The van der Waals surface area contributed by atoms with E-state index in [0.717, 1.165) is 25.4 Å². The molecule has 1 fully saturated rings. The zero-order valence-electron chi connectivity index (χ0n) is 10.1. The van der Waals surface area contributed by atoms with Gasteiger partial charge < -0.3 is 10.5 Å². The maximum Gasteiger partial charge on any atom is 0.120 e. The van der Waals surface area contributed by atoms with Gasteiger partial charge in [-0.05, 0) is 24.1 Å². The molecular weight excluding hydrogens is 236 g/mol. The Kier molecular flexibility index (Phi) is 4.26. The Bertz CT molecular complexity index is 362. The lowest BCUT2D eigenvalue weighted by Crippen LogP contribution is -2.30. The number of ether oxygens (including phenoxy) is 1. The zero-order valence-corrected chi connectivity index (χ0v) is 10.9. The van der Waals surface area contributed by atoms with Crippen LogP contribution in [0.25, 0.3) is 0 Å². The molecule has 0 aliphatic carbocycles. The van der Waals surface area contributed by atoms with E-state index in [2.05, 4.69) is 11.8 Å². The second kappa shape index (κ2) is 5.71. The maximum absolute atomic E-state index is 5.97. The van der Waals surface area contributed by atoms with Crippen LogP contribution in [0.2, 0.25) is 5.02 Å². The molecule has 0 spiro atoms. The van der Waals surface area contributed by atoms with Crippen molar-refractivity contribution in [2.75, 3.05) is 26.2 Å². The summed E-state index contributed by atoms with van der Waals surface area (Å²) in [6.07, 6.45) is 0. The van der Waals surface area contributed by atoms with Gasteiger partial charge in [0.15, 0.2) is 0 Å². The molecule has 0 saturated carbocycles. The second-order valence-electron chi connectivity index (χ2n) is 4.71. The molecule has 1 saturated heterocycles. The average molecular weight is 255 g/mol.